The molecule has 4 nitrogen and oxygen atoms in total. The van der Waals surface area contributed by atoms with E-state index in [0.717, 1.165) is 17.9 Å². The zero-order valence-electron chi connectivity index (χ0n) is 11.4. The van der Waals surface area contributed by atoms with Crippen LogP contribution in [0.25, 0.3) is 0 Å². The molecule has 0 heterocycles. The Morgan fingerprint density at radius 3 is 2.72 bits per heavy atom. The van der Waals surface area contributed by atoms with E-state index in [9.17, 15) is 4.79 Å². The fourth-order valence-electron chi connectivity index (χ4n) is 1.56. The average molecular weight is 250 g/mol. The van der Waals surface area contributed by atoms with E-state index >= 15 is 0 Å². The minimum Gasteiger partial charge on any atom is -0.494 e. The van der Waals surface area contributed by atoms with Crippen molar-refractivity contribution in [1.29, 1.82) is 0 Å². The number of carbonyl (C=O) groups excluding carboxylic acids is 1. The summed E-state index contributed by atoms with van der Waals surface area (Å²) in [4.78, 5) is 13.3. The van der Waals surface area contributed by atoms with E-state index in [1.807, 2.05) is 38.1 Å². The van der Waals surface area contributed by atoms with Crippen LogP contribution >= 0.6 is 0 Å². The van der Waals surface area contributed by atoms with Gasteiger partial charge in [-0.25, -0.2) is 0 Å². The molecule has 0 bridgehead atoms. The molecular formula is C14H22N2O2. The lowest BCUT2D eigenvalue weighted by Crippen LogP contribution is -2.35. The van der Waals surface area contributed by atoms with Crippen LogP contribution in [0.3, 0.4) is 0 Å². The second kappa shape index (κ2) is 7.71. The van der Waals surface area contributed by atoms with Crippen LogP contribution < -0.4 is 10.1 Å². The van der Waals surface area contributed by atoms with Gasteiger partial charge in [0.25, 0.3) is 0 Å². The third-order valence-corrected chi connectivity index (χ3v) is 2.76. The molecule has 0 spiro atoms. The van der Waals surface area contributed by atoms with Crippen LogP contribution in [-0.4, -0.2) is 37.6 Å². The molecule has 1 aromatic rings. The lowest BCUT2D eigenvalue weighted by atomic mass is 10.2. The summed E-state index contributed by atoms with van der Waals surface area (Å²) in [6.07, 6.45) is 0. The Morgan fingerprint density at radius 2 is 2.06 bits per heavy atom. The van der Waals surface area contributed by atoms with E-state index in [1.165, 1.54) is 0 Å². The van der Waals surface area contributed by atoms with E-state index in [1.54, 1.807) is 11.9 Å². The molecule has 1 N–H and O–H groups in total. The highest BCUT2D eigenvalue weighted by molar-refractivity contribution is 5.77. The zero-order valence-corrected chi connectivity index (χ0v) is 11.4. The highest BCUT2D eigenvalue weighted by Gasteiger charge is 2.07. The van der Waals surface area contributed by atoms with E-state index in [0.29, 0.717) is 19.7 Å². The first-order valence-electron chi connectivity index (χ1n) is 6.34. The third kappa shape index (κ3) is 4.37. The van der Waals surface area contributed by atoms with Gasteiger partial charge in [-0.3, -0.25) is 4.79 Å². The van der Waals surface area contributed by atoms with Gasteiger partial charge in [-0.2, -0.15) is 0 Å². The molecule has 0 aliphatic carbocycles. The Balaban J connectivity index is 2.46. The van der Waals surface area contributed by atoms with Crippen molar-refractivity contribution in [3.8, 4) is 5.75 Å². The molecule has 1 amide bonds. The van der Waals surface area contributed by atoms with Gasteiger partial charge in [-0.1, -0.05) is 18.2 Å². The first kappa shape index (κ1) is 14.5. The van der Waals surface area contributed by atoms with Gasteiger partial charge in [-0.05, 0) is 19.9 Å². The molecule has 18 heavy (non-hydrogen) atoms. The molecule has 0 saturated carbocycles. The highest BCUT2D eigenvalue weighted by Crippen LogP contribution is 2.17. The summed E-state index contributed by atoms with van der Waals surface area (Å²) in [7, 11) is 1.80. The largest absolute Gasteiger partial charge is 0.494 e. The van der Waals surface area contributed by atoms with Crippen LogP contribution in [-0.2, 0) is 11.3 Å². The van der Waals surface area contributed by atoms with Crippen molar-refractivity contribution in [3.05, 3.63) is 29.8 Å². The molecule has 0 saturated heterocycles. The van der Waals surface area contributed by atoms with Gasteiger partial charge in [0.05, 0.1) is 13.2 Å². The van der Waals surface area contributed by atoms with Crippen molar-refractivity contribution in [2.45, 2.75) is 20.4 Å². The Morgan fingerprint density at radius 1 is 1.33 bits per heavy atom. The zero-order chi connectivity index (χ0) is 13.4. The summed E-state index contributed by atoms with van der Waals surface area (Å²) in [5.41, 5.74) is 1.08. The molecular weight excluding hydrogens is 228 g/mol. The number of benzene rings is 1. The second-order valence-electron chi connectivity index (χ2n) is 4.05. The molecule has 0 atom stereocenters. The number of nitrogens with one attached hydrogen (secondary N) is 1. The van der Waals surface area contributed by atoms with Gasteiger partial charge in [0, 0.05) is 25.7 Å². The predicted molar refractivity (Wildman–Crippen MR) is 72.6 cm³/mol. The summed E-state index contributed by atoms with van der Waals surface area (Å²) < 4.78 is 5.53. The van der Waals surface area contributed by atoms with Gasteiger partial charge in [0.15, 0.2) is 0 Å². The number of amides is 1. The van der Waals surface area contributed by atoms with Gasteiger partial charge in [-0.15, -0.1) is 0 Å². The molecule has 100 valence electrons. The monoisotopic (exact) mass is 250 g/mol. The van der Waals surface area contributed by atoms with Crippen molar-refractivity contribution in [2.24, 2.45) is 0 Å². The van der Waals surface area contributed by atoms with Crippen LogP contribution in [0.1, 0.15) is 19.4 Å². The molecule has 0 fully saturated rings. The number of likely N-dealkylation sites (N-methyl/N-ethyl adjacent to an activating group) is 1. The maximum atomic E-state index is 11.6. The number of para-hydroxylation sites is 1. The number of hydrogen-bond donors (Lipinski definition) is 1. The minimum atomic E-state index is 0.103. The Hall–Kier alpha value is -1.55. The average Bonchev–Trinajstić information content (AvgIpc) is 2.40. The number of rotatable bonds is 7. The minimum absolute atomic E-state index is 0.103. The van der Waals surface area contributed by atoms with Crippen LogP contribution in [0.5, 0.6) is 5.75 Å². The van der Waals surface area contributed by atoms with Gasteiger partial charge in [0.1, 0.15) is 5.75 Å². The van der Waals surface area contributed by atoms with E-state index < -0.39 is 0 Å². The highest BCUT2D eigenvalue weighted by atomic mass is 16.5. The smallest absolute Gasteiger partial charge is 0.236 e. The molecule has 1 aromatic carbocycles. The van der Waals surface area contributed by atoms with E-state index in [-0.39, 0.29) is 5.91 Å². The summed E-state index contributed by atoms with van der Waals surface area (Å²) >= 11 is 0. The maximum absolute atomic E-state index is 11.6. The number of hydrogen-bond acceptors (Lipinski definition) is 3. The predicted octanol–water partition coefficient (Wildman–Crippen LogP) is 1.65. The van der Waals surface area contributed by atoms with Crippen LogP contribution in [0.15, 0.2) is 24.3 Å². The summed E-state index contributed by atoms with van der Waals surface area (Å²) in [6.45, 7) is 6.29. The van der Waals surface area contributed by atoms with Gasteiger partial charge in [0.2, 0.25) is 5.91 Å². The standard InChI is InChI=1S/C14H22N2O2/c1-4-16(3)14(17)11-15-10-12-8-6-7-9-13(12)18-5-2/h6-9,15H,4-5,10-11H2,1-3H3. The van der Waals surface area contributed by atoms with Crippen molar-refractivity contribution < 1.29 is 9.53 Å². The molecule has 1 rings (SSSR count). The van der Waals surface area contributed by atoms with Crippen LogP contribution in [0.2, 0.25) is 0 Å². The van der Waals surface area contributed by atoms with Crippen LogP contribution in [0.4, 0.5) is 0 Å². The van der Waals surface area contributed by atoms with Crippen molar-refractivity contribution >= 4 is 5.91 Å². The number of ether oxygens (including phenoxy) is 1. The Labute approximate surface area is 109 Å². The lowest BCUT2D eigenvalue weighted by Gasteiger charge is -2.15. The first-order valence-corrected chi connectivity index (χ1v) is 6.34. The quantitative estimate of drug-likeness (QED) is 0.800. The maximum Gasteiger partial charge on any atom is 0.236 e. The van der Waals surface area contributed by atoms with Crippen molar-refractivity contribution in [3.63, 3.8) is 0 Å². The Bertz CT molecular complexity index is 380. The van der Waals surface area contributed by atoms with Crippen molar-refractivity contribution in [2.75, 3.05) is 26.7 Å². The van der Waals surface area contributed by atoms with Gasteiger partial charge < -0.3 is 15.0 Å². The molecule has 0 aromatic heterocycles. The molecule has 0 unspecified atom stereocenters. The molecule has 0 aliphatic rings. The van der Waals surface area contributed by atoms with Crippen molar-refractivity contribution in [1.82, 2.24) is 10.2 Å². The van der Waals surface area contributed by atoms with Crippen LogP contribution in [0, 0.1) is 0 Å². The van der Waals surface area contributed by atoms with Gasteiger partial charge >= 0.3 is 0 Å². The molecule has 4 heteroatoms. The molecule has 0 radical (unpaired) electrons. The summed E-state index contributed by atoms with van der Waals surface area (Å²) in [5.74, 6) is 0.982. The topological polar surface area (TPSA) is 41.6 Å². The Kier molecular flexibility index (Phi) is 6.22. The SMILES string of the molecule is CCOc1ccccc1CNCC(=O)N(C)CC. The fraction of sp³-hybridized carbons (Fsp3) is 0.500. The first-order chi connectivity index (χ1) is 8.69. The summed E-state index contributed by atoms with van der Waals surface area (Å²) in [6, 6.07) is 7.87. The van der Waals surface area contributed by atoms with E-state index in [4.69, 9.17) is 4.74 Å². The fourth-order valence-corrected chi connectivity index (χ4v) is 1.56. The summed E-state index contributed by atoms with van der Waals surface area (Å²) in [5, 5.41) is 3.14. The van der Waals surface area contributed by atoms with E-state index in [2.05, 4.69) is 5.32 Å². The number of carbonyl (C=O) groups is 1. The third-order valence-electron chi connectivity index (χ3n) is 2.76. The number of nitrogens with zero attached hydrogens (tertiary/aromatic N) is 1. The molecule has 0 aliphatic heterocycles. The normalized spacial score (nSPS) is 10.2. The lowest BCUT2D eigenvalue weighted by molar-refractivity contribution is -0.128. The second-order valence-corrected chi connectivity index (χ2v) is 4.05.